The lowest BCUT2D eigenvalue weighted by atomic mass is 9.85. The second-order valence-electron chi connectivity index (χ2n) is 6.24. The van der Waals surface area contributed by atoms with Crippen LogP contribution in [0.3, 0.4) is 0 Å². The summed E-state index contributed by atoms with van der Waals surface area (Å²) in [6.07, 6.45) is 12.3. The first-order valence-corrected chi connectivity index (χ1v) is 10.2. The molecule has 0 spiro atoms. The minimum atomic E-state index is -0.365. The number of nitrogens with one attached hydrogen (secondary N) is 1. The Balaban J connectivity index is 1.99. The number of aliphatic hydroxyl groups is 1. The molecule has 0 saturated heterocycles. The molecular formula is C17H35NO2S. The smallest absolute Gasteiger partial charge is 0.0897 e. The van der Waals surface area contributed by atoms with Crippen LogP contribution in [0.25, 0.3) is 0 Å². The molecule has 0 amide bonds. The molecule has 21 heavy (non-hydrogen) atoms. The zero-order chi connectivity index (χ0) is 15.3. The summed E-state index contributed by atoms with van der Waals surface area (Å²) in [5.41, 5.74) is 0. The van der Waals surface area contributed by atoms with Gasteiger partial charge >= 0.3 is 0 Å². The molecule has 3 nitrogen and oxygen atoms in total. The van der Waals surface area contributed by atoms with E-state index in [1.54, 1.807) is 0 Å². The van der Waals surface area contributed by atoms with E-state index in [9.17, 15) is 5.11 Å². The average Bonchev–Trinajstić information content (AvgIpc) is 2.52. The maximum absolute atomic E-state index is 9.99. The number of unbranched alkanes of at least 4 members (excludes halogenated alkanes) is 2. The number of hydrogen-bond acceptors (Lipinski definition) is 4. The van der Waals surface area contributed by atoms with Crippen molar-refractivity contribution in [3.63, 3.8) is 0 Å². The molecule has 1 saturated carbocycles. The van der Waals surface area contributed by atoms with Gasteiger partial charge in [-0.05, 0) is 50.2 Å². The fourth-order valence-electron chi connectivity index (χ4n) is 3.10. The molecule has 0 aromatic heterocycles. The van der Waals surface area contributed by atoms with Gasteiger partial charge in [-0.3, -0.25) is 0 Å². The Hall–Kier alpha value is 0.230. The van der Waals surface area contributed by atoms with E-state index in [-0.39, 0.29) is 6.10 Å². The van der Waals surface area contributed by atoms with E-state index in [1.807, 2.05) is 11.8 Å². The van der Waals surface area contributed by atoms with Gasteiger partial charge in [-0.2, -0.15) is 11.8 Å². The van der Waals surface area contributed by atoms with Gasteiger partial charge in [0.2, 0.25) is 0 Å². The van der Waals surface area contributed by atoms with Gasteiger partial charge < -0.3 is 15.2 Å². The lowest BCUT2D eigenvalue weighted by molar-refractivity contribution is -0.0498. The van der Waals surface area contributed by atoms with Gasteiger partial charge in [-0.15, -0.1) is 0 Å². The molecule has 0 aliphatic heterocycles. The summed E-state index contributed by atoms with van der Waals surface area (Å²) in [7, 11) is 0. The van der Waals surface area contributed by atoms with Gasteiger partial charge in [0.1, 0.15) is 0 Å². The zero-order valence-electron chi connectivity index (χ0n) is 14.0. The molecule has 3 unspecified atom stereocenters. The van der Waals surface area contributed by atoms with Crippen molar-refractivity contribution in [3.8, 4) is 0 Å². The summed E-state index contributed by atoms with van der Waals surface area (Å²) in [5, 5.41) is 13.3. The van der Waals surface area contributed by atoms with Crippen LogP contribution >= 0.6 is 11.8 Å². The molecule has 1 fully saturated rings. The topological polar surface area (TPSA) is 41.5 Å². The average molecular weight is 318 g/mol. The fourth-order valence-corrected chi connectivity index (χ4v) is 3.59. The largest absolute Gasteiger partial charge is 0.389 e. The normalized spacial score (nSPS) is 24.1. The van der Waals surface area contributed by atoms with Crippen LogP contribution in [0.15, 0.2) is 0 Å². The summed E-state index contributed by atoms with van der Waals surface area (Å²) in [4.78, 5) is 0. The predicted octanol–water partition coefficient (Wildman–Crippen LogP) is 3.46. The highest BCUT2D eigenvalue weighted by Gasteiger charge is 2.24. The third kappa shape index (κ3) is 9.07. The Bertz CT molecular complexity index is 241. The molecule has 0 radical (unpaired) electrons. The van der Waals surface area contributed by atoms with E-state index in [0.29, 0.717) is 25.2 Å². The van der Waals surface area contributed by atoms with Gasteiger partial charge in [-0.1, -0.05) is 32.6 Å². The van der Waals surface area contributed by atoms with E-state index in [2.05, 4.69) is 18.5 Å². The molecule has 0 aromatic rings. The highest BCUT2D eigenvalue weighted by atomic mass is 32.2. The monoisotopic (exact) mass is 317 g/mol. The highest BCUT2D eigenvalue weighted by molar-refractivity contribution is 7.98. The highest BCUT2D eigenvalue weighted by Crippen LogP contribution is 2.29. The van der Waals surface area contributed by atoms with Crippen molar-refractivity contribution in [1.29, 1.82) is 0 Å². The maximum atomic E-state index is 9.99. The molecule has 4 heteroatoms. The van der Waals surface area contributed by atoms with Crippen molar-refractivity contribution in [3.05, 3.63) is 0 Å². The van der Waals surface area contributed by atoms with Crippen molar-refractivity contribution in [2.75, 3.05) is 31.7 Å². The number of aliphatic hydroxyl groups excluding tert-OH is 1. The van der Waals surface area contributed by atoms with E-state index in [0.717, 1.165) is 6.54 Å². The van der Waals surface area contributed by atoms with Crippen LogP contribution in [0.4, 0.5) is 0 Å². The van der Waals surface area contributed by atoms with E-state index in [4.69, 9.17) is 4.74 Å². The molecule has 126 valence electrons. The quantitative estimate of drug-likeness (QED) is 0.541. The number of hydrogen-bond donors (Lipinski definition) is 2. The third-order valence-corrected chi connectivity index (χ3v) is 5.15. The fraction of sp³-hybridized carbons (Fsp3) is 1.00. The zero-order valence-corrected chi connectivity index (χ0v) is 14.8. The van der Waals surface area contributed by atoms with Crippen LogP contribution in [0.1, 0.15) is 58.3 Å². The van der Waals surface area contributed by atoms with Crippen molar-refractivity contribution in [1.82, 2.24) is 5.32 Å². The Morgan fingerprint density at radius 3 is 2.81 bits per heavy atom. The lowest BCUT2D eigenvalue weighted by Crippen LogP contribution is -2.35. The van der Waals surface area contributed by atoms with Crippen molar-refractivity contribution < 1.29 is 9.84 Å². The van der Waals surface area contributed by atoms with E-state index in [1.165, 1.54) is 57.1 Å². The van der Waals surface area contributed by atoms with Gasteiger partial charge in [0.15, 0.2) is 0 Å². The second-order valence-corrected chi connectivity index (χ2v) is 7.22. The first-order chi connectivity index (χ1) is 10.3. The van der Waals surface area contributed by atoms with Crippen LogP contribution in [0.2, 0.25) is 0 Å². The first kappa shape index (κ1) is 19.3. The summed E-state index contributed by atoms with van der Waals surface area (Å²) < 4.78 is 5.97. The first-order valence-electron chi connectivity index (χ1n) is 8.77. The molecular weight excluding hydrogens is 282 g/mol. The van der Waals surface area contributed by atoms with E-state index >= 15 is 0 Å². The molecule has 2 N–H and O–H groups in total. The van der Waals surface area contributed by atoms with Crippen molar-refractivity contribution in [2.45, 2.75) is 70.5 Å². The summed E-state index contributed by atoms with van der Waals surface area (Å²) >= 11 is 1.92. The molecule has 0 aromatic carbocycles. The summed E-state index contributed by atoms with van der Waals surface area (Å²) in [6, 6.07) is 0. The van der Waals surface area contributed by atoms with Crippen LogP contribution in [-0.2, 0) is 4.74 Å². The summed E-state index contributed by atoms with van der Waals surface area (Å²) in [5.74, 6) is 1.96. The molecule has 3 atom stereocenters. The minimum absolute atomic E-state index is 0.365. The molecule has 0 bridgehead atoms. The van der Waals surface area contributed by atoms with Gasteiger partial charge in [-0.25, -0.2) is 0 Å². The Morgan fingerprint density at radius 1 is 1.24 bits per heavy atom. The lowest BCUT2D eigenvalue weighted by Gasteiger charge is -2.31. The number of ether oxygens (including phenoxy) is 1. The van der Waals surface area contributed by atoms with Gasteiger partial charge in [0.25, 0.3) is 0 Å². The maximum Gasteiger partial charge on any atom is 0.0897 e. The molecule has 1 aliphatic carbocycles. The Kier molecular flexibility index (Phi) is 11.7. The van der Waals surface area contributed by atoms with Crippen molar-refractivity contribution >= 4 is 11.8 Å². The summed E-state index contributed by atoms with van der Waals surface area (Å²) in [6.45, 7) is 4.40. The van der Waals surface area contributed by atoms with Crippen LogP contribution in [-0.4, -0.2) is 49.0 Å². The SMILES string of the molecule is CCC1CCCCC1OCC(O)CNCCCCCSC. The second kappa shape index (κ2) is 12.7. The van der Waals surface area contributed by atoms with Crippen molar-refractivity contribution in [2.24, 2.45) is 5.92 Å². The van der Waals surface area contributed by atoms with Crippen LogP contribution in [0.5, 0.6) is 0 Å². The predicted molar refractivity (Wildman–Crippen MR) is 93.1 cm³/mol. The van der Waals surface area contributed by atoms with E-state index < -0.39 is 0 Å². The minimum Gasteiger partial charge on any atom is -0.389 e. The Labute approximate surface area is 135 Å². The third-order valence-electron chi connectivity index (χ3n) is 4.45. The van der Waals surface area contributed by atoms with Gasteiger partial charge in [0, 0.05) is 6.54 Å². The number of thioether (sulfide) groups is 1. The molecule has 1 rings (SSSR count). The van der Waals surface area contributed by atoms with Crippen LogP contribution in [0, 0.1) is 5.92 Å². The molecule has 0 heterocycles. The standard InChI is InChI=1S/C17H35NO2S/c1-3-15-9-5-6-10-17(15)20-14-16(19)13-18-11-7-4-8-12-21-2/h15-19H,3-14H2,1-2H3. The van der Waals surface area contributed by atoms with Crippen LogP contribution < -0.4 is 5.32 Å². The molecule has 1 aliphatic rings. The Morgan fingerprint density at radius 2 is 2.05 bits per heavy atom. The number of rotatable bonds is 12. The van der Waals surface area contributed by atoms with Gasteiger partial charge in [0.05, 0.1) is 18.8 Å².